The standard InChI is InChI=1S/C29H40O4/c1-5-6-7-8-13-29(14-9-10-15-29)23-17-26(31)28(27(32)18-23)25-16-22(19-33-21(4)30)11-12-24(25)20(2)3/h8,13,16-18,24-25,31-32H,2,5-7,9-12,14-15,19H2,1,3-4H3/b13-8-/t24?,25-/m0/s1. The molecule has 3 rings (SSSR count). The monoisotopic (exact) mass is 452 g/mol. The summed E-state index contributed by atoms with van der Waals surface area (Å²) in [6.07, 6.45) is 16.1. The molecular formula is C29H40O4. The van der Waals surface area contributed by atoms with Gasteiger partial charge in [0, 0.05) is 23.8 Å². The number of hydrogen-bond donors (Lipinski definition) is 2. The summed E-state index contributed by atoms with van der Waals surface area (Å²) >= 11 is 0. The van der Waals surface area contributed by atoms with Crippen LogP contribution in [0, 0.1) is 5.92 Å². The quantitative estimate of drug-likeness (QED) is 0.236. The van der Waals surface area contributed by atoms with E-state index in [4.69, 9.17) is 4.74 Å². The molecule has 1 saturated carbocycles. The van der Waals surface area contributed by atoms with Crippen molar-refractivity contribution in [3.63, 3.8) is 0 Å². The highest BCUT2D eigenvalue weighted by Crippen LogP contribution is 2.50. The normalized spacial score (nSPS) is 22.3. The molecule has 0 radical (unpaired) electrons. The zero-order valence-corrected chi connectivity index (χ0v) is 20.5. The first-order chi connectivity index (χ1) is 15.8. The van der Waals surface area contributed by atoms with E-state index in [-0.39, 0.29) is 41.3 Å². The predicted octanol–water partition coefficient (Wildman–Crippen LogP) is 7.22. The van der Waals surface area contributed by atoms with E-state index in [1.807, 2.05) is 19.1 Å². The van der Waals surface area contributed by atoms with Crippen molar-refractivity contribution < 1.29 is 19.7 Å². The molecule has 2 N–H and O–H groups in total. The van der Waals surface area contributed by atoms with Crippen LogP contribution in [0.1, 0.15) is 95.6 Å². The average Bonchev–Trinajstić information content (AvgIpc) is 3.25. The van der Waals surface area contributed by atoms with E-state index in [1.165, 1.54) is 19.8 Å². The minimum atomic E-state index is -0.307. The Morgan fingerprint density at radius 3 is 2.45 bits per heavy atom. The van der Waals surface area contributed by atoms with Gasteiger partial charge in [-0.05, 0) is 68.2 Å². The van der Waals surface area contributed by atoms with Crippen LogP contribution >= 0.6 is 0 Å². The van der Waals surface area contributed by atoms with E-state index < -0.39 is 0 Å². The number of phenols is 2. The van der Waals surface area contributed by atoms with Crippen molar-refractivity contribution in [2.24, 2.45) is 5.92 Å². The SMILES string of the molecule is C=C(C)C1CCC(COC(C)=O)=C[C@@H]1c1c(O)cc(C2(/C=C\CCCC)CCCC2)cc1O. The Labute approximate surface area is 199 Å². The Hall–Kier alpha value is -2.49. The Kier molecular flexibility index (Phi) is 8.45. The number of ether oxygens (including phenoxy) is 1. The van der Waals surface area contributed by atoms with Gasteiger partial charge in [-0.15, -0.1) is 0 Å². The van der Waals surface area contributed by atoms with Crippen molar-refractivity contribution in [1.29, 1.82) is 0 Å². The minimum Gasteiger partial charge on any atom is -0.507 e. The van der Waals surface area contributed by atoms with Gasteiger partial charge in [-0.25, -0.2) is 0 Å². The number of hydrogen-bond acceptors (Lipinski definition) is 4. The lowest BCUT2D eigenvalue weighted by molar-refractivity contribution is -0.140. The fraction of sp³-hybridized carbons (Fsp3) is 0.552. The fourth-order valence-electron chi connectivity index (χ4n) is 5.57. The number of aromatic hydroxyl groups is 2. The second-order valence-electron chi connectivity index (χ2n) is 9.96. The molecule has 4 heteroatoms. The maximum atomic E-state index is 11.3. The number of phenolic OH excluding ortho intramolecular Hbond substituents is 2. The summed E-state index contributed by atoms with van der Waals surface area (Å²) in [5, 5.41) is 22.4. The Morgan fingerprint density at radius 2 is 1.88 bits per heavy atom. The van der Waals surface area contributed by atoms with Crippen molar-refractivity contribution >= 4 is 5.97 Å². The third-order valence-corrected chi connectivity index (χ3v) is 7.42. The number of rotatable bonds is 9. The van der Waals surface area contributed by atoms with Gasteiger partial charge in [0.15, 0.2) is 0 Å². The van der Waals surface area contributed by atoms with Gasteiger partial charge in [-0.1, -0.05) is 63.0 Å². The van der Waals surface area contributed by atoms with Gasteiger partial charge in [0.2, 0.25) is 0 Å². The van der Waals surface area contributed by atoms with Gasteiger partial charge in [0.25, 0.3) is 0 Å². The molecular weight excluding hydrogens is 412 g/mol. The number of allylic oxidation sites excluding steroid dienone is 4. The van der Waals surface area contributed by atoms with Gasteiger partial charge in [-0.3, -0.25) is 4.79 Å². The molecule has 1 aromatic rings. The molecule has 0 saturated heterocycles. The topological polar surface area (TPSA) is 66.8 Å². The Balaban J connectivity index is 1.97. The van der Waals surface area contributed by atoms with Gasteiger partial charge < -0.3 is 14.9 Å². The van der Waals surface area contributed by atoms with Crippen molar-refractivity contribution in [1.82, 2.24) is 0 Å². The van der Waals surface area contributed by atoms with E-state index in [0.29, 0.717) is 5.56 Å². The lowest BCUT2D eigenvalue weighted by Gasteiger charge is -2.33. The summed E-state index contributed by atoms with van der Waals surface area (Å²) in [5.41, 5.74) is 3.48. The molecule has 2 aliphatic rings. The third-order valence-electron chi connectivity index (χ3n) is 7.42. The molecule has 180 valence electrons. The molecule has 1 unspecified atom stereocenters. The number of carbonyl (C=O) groups excluding carboxylic acids is 1. The summed E-state index contributed by atoms with van der Waals surface area (Å²) in [6, 6.07) is 3.74. The highest BCUT2D eigenvalue weighted by molar-refractivity contribution is 5.66. The summed E-state index contributed by atoms with van der Waals surface area (Å²) in [4.78, 5) is 11.3. The van der Waals surface area contributed by atoms with Crippen LogP contribution in [0.25, 0.3) is 0 Å². The molecule has 2 atom stereocenters. The first kappa shape index (κ1) is 25.1. The van der Waals surface area contributed by atoms with Crippen LogP contribution in [0.2, 0.25) is 0 Å². The van der Waals surface area contributed by atoms with Gasteiger partial charge in [-0.2, -0.15) is 0 Å². The van der Waals surface area contributed by atoms with E-state index in [2.05, 4.69) is 31.7 Å². The van der Waals surface area contributed by atoms with Crippen LogP contribution in [0.5, 0.6) is 11.5 Å². The van der Waals surface area contributed by atoms with Gasteiger partial charge in [0.1, 0.15) is 18.1 Å². The summed E-state index contributed by atoms with van der Waals surface area (Å²) in [7, 11) is 0. The number of esters is 1. The smallest absolute Gasteiger partial charge is 0.302 e. The van der Waals surface area contributed by atoms with Crippen LogP contribution in [0.15, 0.2) is 48.1 Å². The molecule has 1 fully saturated rings. The zero-order valence-electron chi connectivity index (χ0n) is 20.5. The summed E-state index contributed by atoms with van der Waals surface area (Å²) in [5.74, 6) is -0.115. The molecule has 1 aromatic carbocycles. The number of benzene rings is 1. The Morgan fingerprint density at radius 1 is 1.21 bits per heavy atom. The zero-order chi connectivity index (χ0) is 24.0. The molecule has 0 amide bonds. The summed E-state index contributed by atoms with van der Waals surface area (Å²) < 4.78 is 5.21. The lowest BCUT2D eigenvalue weighted by Crippen LogP contribution is -2.21. The van der Waals surface area contributed by atoms with E-state index in [9.17, 15) is 15.0 Å². The van der Waals surface area contributed by atoms with Crippen LogP contribution in [0.3, 0.4) is 0 Å². The first-order valence-corrected chi connectivity index (χ1v) is 12.5. The highest BCUT2D eigenvalue weighted by atomic mass is 16.5. The number of unbranched alkanes of at least 4 members (excludes halogenated alkanes) is 2. The fourth-order valence-corrected chi connectivity index (χ4v) is 5.57. The Bertz CT molecular complexity index is 895. The van der Waals surface area contributed by atoms with E-state index in [1.54, 1.807) is 0 Å². The van der Waals surface area contributed by atoms with Gasteiger partial charge >= 0.3 is 5.97 Å². The molecule has 0 aromatic heterocycles. The third kappa shape index (κ3) is 5.90. The predicted molar refractivity (Wildman–Crippen MR) is 134 cm³/mol. The molecule has 0 bridgehead atoms. The molecule has 0 heterocycles. The van der Waals surface area contributed by atoms with Crippen LogP contribution in [0.4, 0.5) is 0 Å². The first-order valence-electron chi connectivity index (χ1n) is 12.5. The average molecular weight is 453 g/mol. The molecule has 4 nitrogen and oxygen atoms in total. The maximum absolute atomic E-state index is 11.3. The molecule has 0 aliphatic heterocycles. The van der Waals surface area contributed by atoms with Crippen LogP contribution < -0.4 is 0 Å². The second-order valence-corrected chi connectivity index (χ2v) is 9.96. The molecule has 33 heavy (non-hydrogen) atoms. The minimum absolute atomic E-state index is 0.113. The largest absolute Gasteiger partial charge is 0.507 e. The van der Waals surface area contributed by atoms with E-state index >= 15 is 0 Å². The van der Waals surface area contributed by atoms with E-state index in [0.717, 1.165) is 61.7 Å². The van der Waals surface area contributed by atoms with Gasteiger partial charge in [0.05, 0.1) is 0 Å². The van der Waals surface area contributed by atoms with Crippen molar-refractivity contribution in [3.05, 3.63) is 59.2 Å². The highest BCUT2D eigenvalue weighted by Gasteiger charge is 2.36. The molecule has 2 aliphatic carbocycles. The molecule has 0 spiro atoms. The van der Waals surface area contributed by atoms with Crippen molar-refractivity contribution in [2.45, 2.75) is 89.9 Å². The lowest BCUT2D eigenvalue weighted by atomic mass is 9.72. The van der Waals surface area contributed by atoms with Crippen LogP contribution in [-0.2, 0) is 14.9 Å². The van der Waals surface area contributed by atoms with Crippen molar-refractivity contribution in [3.8, 4) is 11.5 Å². The second kappa shape index (κ2) is 11.1. The maximum Gasteiger partial charge on any atom is 0.302 e. The van der Waals surface area contributed by atoms with Crippen LogP contribution in [-0.4, -0.2) is 22.8 Å². The van der Waals surface area contributed by atoms with Crippen molar-refractivity contribution in [2.75, 3.05) is 6.61 Å². The summed E-state index contributed by atoms with van der Waals surface area (Å²) in [6.45, 7) is 10.0. The number of carbonyl (C=O) groups is 1.